The number of nitrogens with zero attached hydrogens (tertiary/aromatic N) is 2. The molecule has 1 aliphatic rings. The molecular formula is C21H29N3O4. The van der Waals surface area contributed by atoms with E-state index in [0.29, 0.717) is 0 Å². The maximum absolute atomic E-state index is 12.2. The average Bonchev–Trinajstić information content (AvgIpc) is 3.20. The van der Waals surface area contributed by atoms with Crippen LogP contribution in [0.15, 0.2) is 11.6 Å². The molecule has 1 saturated heterocycles. The average molecular weight is 387 g/mol. The summed E-state index contributed by atoms with van der Waals surface area (Å²) in [4.78, 5) is 24.0. The Morgan fingerprint density at radius 1 is 1.43 bits per heavy atom. The van der Waals surface area contributed by atoms with Crippen LogP contribution in [0.1, 0.15) is 50.6 Å². The summed E-state index contributed by atoms with van der Waals surface area (Å²) >= 11 is 0. The number of hydrogen-bond acceptors (Lipinski definition) is 5. The topological polar surface area (TPSA) is 93.4 Å². The number of hydrogen-bond donors (Lipinski definition) is 1. The van der Waals surface area contributed by atoms with Crippen LogP contribution in [0.3, 0.4) is 0 Å². The van der Waals surface area contributed by atoms with Crippen LogP contribution < -0.4 is 5.32 Å². The van der Waals surface area contributed by atoms with E-state index in [1.807, 2.05) is 46.8 Å². The maximum Gasteiger partial charge on any atom is 0.349 e. The van der Waals surface area contributed by atoms with Gasteiger partial charge in [-0.05, 0) is 65.2 Å². The number of nitrogens with one attached hydrogen (secondary N) is 1. The van der Waals surface area contributed by atoms with Crippen LogP contribution in [-0.4, -0.2) is 41.3 Å². The van der Waals surface area contributed by atoms with Crippen LogP contribution in [0, 0.1) is 25.2 Å². The lowest BCUT2D eigenvalue weighted by molar-refractivity contribution is -0.144. The summed E-state index contributed by atoms with van der Waals surface area (Å²) in [6.45, 7) is 10.6. The minimum Gasteiger partial charge on any atom is -0.451 e. The Morgan fingerprint density at radius 3 is 2.71 bits per heavy atom. The molecule has 152 valence electrons. The number of rotatable bonds is 6. The van der Waals surface area contributed by atoms with E-state index in [0.717, 1.165) is 42.9 Å². The van der Waals surface area contributed by atoms with E-state index in [1.54, 1.807) is 0 Å². The third-order valence-electron chi connectivity index (χ3n) is 4.51. The molecule has 28 heavy (non-hydrogen) atoms. The van der Waals surface area contributed by atoms with Gasteiger partial charge in [-0.2, -0.15) is 5.26 Å². The molecule has 1 fully saturated rings. The van der Waals surface area contributed by atoms with Crippen molar-refractivity contribution in [3.63, 3.8) is 0 Å². The Morgan fingerprint density at radius 2 is 2.14 bits per heavy atom. The maximum atomic E-state index is 12.2. The van der Waals surface area contributed by atoms with Gasteiger partial charge in [-0.25, -0.2) is 4.79 Å². The van der Waals surface area contributed by atoms with Crippen molar-refractivity contribution in [3.05, 3.63) is 28.6 Å². The number of amides is 1. The summed E-state index contributed by atoms with van der Waals surface area (Å²) < 4.78 is 12.8. The molecule has 0 bridgehead atoms. The third-order valence-corrected chi connectivity index (χ3v) is 4.51. The molecule has 0 radical (unpaired) electrons. The molecule has 1 aromatic heterocycles. The van der Waals surface area contributed by atoms with Crippen molar-refractivity contribution >= 4 is 18.0 Å². The van der Waals surface area contributed by atoms with Gasteiger partial charge in [0.2, 0.25) is 0 Å². The smallest absolute Gasteiger partial charge is 0.349 e. The number of carbonyl (C=O) groups excluding carboxylic acids is 2. The number of aryl methyl sites for hydroxylation is 1. The van der Waals surface area contributed by atoms with Gasteiger partial charge in [0.05, 0.1) is 6.10 Å². The van der Waals surface area contributed by atoms with Gasteiger partial charge < -0.3 is 19.4 Å². The molecule has 1 aromatic rings. The van der Waals surface area contributed by atoms with Crippen molar-refractivity contribution in [1.29, 1.82) is 5.26 Å². The Labute approximate surface area is 166 Å². The quantitative estimate of drug-likeness (QED) is 0.460. The zero-order valence-electron chi connectivity index (χ0n) is 17.3. The summed E-state index contributed by atoms with van der Waals surface area (Å²) in [5.74, 6) is -1.22. The van der Waals surface area contributed by atoms with Crippen LogP contribution in [0.2, 0.25) is 0 Å². The molecule has 0 saturated carbocycles. The van der Waals surface area contributed by atoms with E-state index in [1.165, 1.54) is 6.08 Å². The second-order valence-electron chi connectivity index (χ2n) is 8.12. The number of ether oxygens (including phenoxy) is 2. The number of aromatic nitrogens is 1. The third kappa shape index (κ3) is 5.96. The molecule has 0 spiro atoms. The van der Waals surface area contributed by atoms with Gasteiger partial charge in [0.15, 0.2) is 6.61 Å². The molecule has 7 heteroatoms. The summed E-state index contributed by atoms with van der Waals surface area (Å²) in [6, 6.07) is 3.80. The summed E-state index contributed by atoms with van der Waals surface area (Å²) in [5.41, 5.74) is 2.22. The lowest BCUT2D eigenvalue weighted by Crippen LogP contribution is -2.42. The van der Waals surface area contributed by atoms with Crippen molar-refractivity contribution in [3.8, 4) is 6.07 Å². The minimum absolute atomic E-state index is 0.138. The van der Waals surface area contributed by atoms with Crippen molar-refractivity contribution in [1.82, 2.24) is 9.88 Å². The molecule has 0 aliphatic carbocycles. The van der Waals surface area contributed by atoms with Crippen LogP contribution in [-0.2, 0) is 25.6 Å². The Kier molecular flexibility index (Phi) is 7.03. The molecule has 1 N–H and O–H groups in total. The Bertz CT molecular complexity index is 803. The van der Waals surface area contributed by atoms with E-state index in [-0.39, 0.29) is 11.7 Å². The molecule has 1 aliphatic heterocycles. The summed E-state index contributed by atoms with van der Waals surface area (Å²) in [5, 5.41) is 12.1. The molecular weight excluding hydrogens is 358 g/mol. The van der Waals surface area contributed by atoms with Gasteiger partial charge >= 0.3 is 5.97 Å². The lowest BCUT2D eigenvalue weighted by Gasteiger charge is -2.20. The molecule has 2 heterocycles. The zero-order valence-corrected chi connectivity index (χ0v) is 17.3. The SMILES string of the molecule is Cc1cc(/C=C(\C#N)C(=O)OCC(=O)NC(C)(C)C)c(C)n1C[C@H]1CCCO1. The number of carbonyl (C=O) groups is 2. The molecule has 2 rings (SSSR count). The van der Waals surface area contributed by atoms with E-state index in [9.17, 15) is 14.9 Å². The van der Waals surface area contributed by atoms with Crippen molar-refractivity contribution in [2.45, 2.75) is 65.6 Å². The Hall–Kier alpha value is -2.59. The van der Waals surface area contributed by atoms with E-state index in [4.69, 9.17) is 9.47 Å². The zero-order chi connectivity index (χ0) is 20.9. The molecule has 1 amide bonds. The first-order chi connectivity index (χ1) is 13.1. The van der Waals surface area contributed by atoms with Crippen molar-refractivity contribution in [2.24, 2.45) is 0 Å². The van der Waals surface area contributed by atoms with E-state index >= 15 is 0 Å². The predicted octanol–water partition coefficient (Wildman–Crippen LogP) is 2.65. The fourth-order valence-corrected chi connectivity index (χ4v) is 3.20. The minimum atomic E-state index is -0.810. The first-order valence-corrected chi connectivity index (χ1v) is 9.49. The highest BCUT2D eigenvalue weighted by atomic mass is 16.5. The largest absolute Gasteiger partial charge is 0.451 e. The van der Waals surface area contributed by atoms with E-state index < -0.39 is 24.0 Å². The van der Waals surface area contributed by atoms with E-state index in [2.05, 4.69) is 9.88 Å². The lowest BCUT2D eigenvalue weighted by atomic mass is 10.1. The highest BCUT2D eigenvalue weighted by Gasteiger charge is 2.20. The highest BCUT2D eigenvalue weighted by Crippen LogP contribution is 2.22. The normalized spacial score (nSPS) is 17.3. The second-order valence-corrected chi connectivity index (χ2v) is 8.12. The molecule has 7 nitrogen and oxygen atoms in total. The van der Waals surface area contributed by atoms with Crippen molar-refractivity contribution in [2.75, 3.05) is 13.2 Å². The summed E-state index contributed by atoms with van der Waals surface area (Å²) in [7, 11) is 0. The van der Waals surface area contributed by atoms with Crippen LogP contribution >= 0.6 is 0 Å². The molecule has 0 unspecified atom stereocenters. The number of nitriles is 1. The van der Waals surface area contributed by atoms with Gasteiger partial charge in [-0.1, -0.05) is 0 Å². The van der Waals surface area contributed by atoms with Crippen LogP contribution in [0.5, 0.6) is 0 Å². The first-order valence-electron chi connectivity index (χ1n) is 9.49. The van der Waals surface area contributed by atoms with Gasteiger partial charge in [-0.3, -0.25) is 4.79 Å². The fraction of sp³-hybridized carbons (Fsp3) is 0.571. The fourth-order valence-electron chi connectivity index (χ4n) is 3.20. The van der Waals surface area contributed by atoms with Gasteiger partial charge in [0.25, 0.3) is 5.91 Å². The van der Waals surface area contributed by atoms with Gasteiger partial charge in [-0.15, -0.1) is 0 Å². The number of esters is 1. The van der Waals surface area contributed by atoms with Gasteiger partial charge in [0, 0.05) is 30.1 Å². The van der Waals surface area contributed by atoms with Crippen LogP contribution in [0.25, 0.3) is 6.08 Å². The molecule has 0 aromatic carbocycles. The first kappa shape index (κ1) is 21.7. The second kappa shape index (κ2) is 9.07. The monoisotopic (exact) mass is 387 g/mol. The predicted molar refractivity (Wildman–Crippen MR) is 105 cm³/mol. The summed E-state index contributed by atoms with van der Waals surface area (Å²) in [6.07, 6.45) is 3.82. The molecule has 1 atom stereocenters. The van der Waals surface area contributed by atoms with Gasteiger partial charge in [0.1, 0.15) is 11.6 Å². The highest BCUT2D eigenvalue weighted by molar-refractivity contribution is 5.99. The van der Waals surface area contributed by atoms with Crippen molar-refractivity contribution < 1.29 is 19.1 Å². The standard InChI is InChI=1S/C21H29N3O4/c1-14-9-16(15(2)24(14)12-18-7-6-8-27-18)10-17(11-22)20(26)28-13-19(25)23-21(3,4)5/h9-10,18H,6-8,12-13H2,1-5H3,(H,23,25)/b17-10+/t18-/m1/s1. The van der Waals surface area contributed by atoms with Crippen LogP contribution in [0.4, 0.5) is 0 Å². The Balaban J connectivity index is 2.08.